The van der Waals surface area contributed by atoms with Crippen LogP contribution in [0.5, 0.6) is 0 Å². The van der Waals surface area contributed by atoms with Gasteiger partial charge in [0.2, 0.25) is 5.91 Å². The Morgan fingerprint density at radius 2 is 2.00 bits per heavy atom. The number of hydrogen-bond acceptors (Lipinski definition) is 3. The number of aromatic nitrogens is 1. The molecule has 0 radical (unpaired) electrons. The van der Waals surface area contributed by atoms with Gasteiger partial charge < -0.3 is 11.1 Å². The number of fused-ring (bicyclic) bond motifs is 1. The number of carbonyl (C=O) groups is 2. The van der Waals surface area contributed by atoms with Gasteiger partial charge in [-0.25, -0.2) is 4.98 Å². The summed E-state index contributed by atoms with van der Waals surface area (Å²) in [5.41, 5.74) is 6.01. The number of benzene rings is 1. The molecular weight excluding hydrogens is 290 g/mol. The number of para-hydroxylation sites is 1. The number of unbranched alkanes of at least 4 members (excludes halogenated alkanes) is 1. The Labute approximate surface area is 127 Å². The summed E-state index contributed by atoms with van der Waals surface area (Å²) in [6.45, 7) is 0.470. The number of hydrogen-bond donors (Lipinski definition) is 2. The van der Waals surface area contributed by atoms with E-state index in [9.17, 15) is 9.59 Å². The number of rotatable bonds is 6. The summed E-state index contributed by atoms with van der Waals surface area (Å²) in [5, 5.41) is 4.07. The van der Waals surface area contributed by atoms with Crippen molar-refractivity contribution in [2.24, 2.45) is 5.73 Å². The van der Waals surface area contributed by atoms with Crippen molar-refractivity contribution in [3.8, 4) is 0 Å². The van der Waals surface area contributed by atoms with Crippen molar-refractivity contribution < 1.29 is 9.59 Å². The van der Waals surface area contributed by atoms with Gasteiger partial charge in [-0.3, -0.25) is 9.59 Å². The third-order valence-electron chi connectivity index (χ3n) is 3.03. The first-order valence-electron chi connectivity index (χ1n) is 6.69. The number of nitrogens with zero attached hydrogens (tertiary/aromatic N) is 1. The number of carbonyl (C=O) groups excluding carboxylic acids is 2. The Morgan fingerprint density at radius 1 is 1.24 bits per heavy atom. The second-order valence-electron chi connectivity index (χ2n) is 4.69. The van der Waals surface area contributed by atoms with Crippen LogP contribution in [0.3, 0.4) is 0 Å². The molecule has 0 saturated carbocycles. The highest BCUT2D eigenvalue weighted by atomic mass is 35.5. The van der Waals surface area contributed by atoms with Gasteiger partial charge in [0.1, 0.15) is 5.69 Å². The maximum Gasteiger partial charge on any atom is 0.269 e. The molecule has 2 rings (SSSR count). The molecule has 0 bridgehead atoms. The zero-order valence-corrected chi connectivity index (χ0v) is 12.2. The van der Waals surface area contributed by atoms with Crippen LogP contribution in [0.15, 0.2) is 30.3 Å². The largest absolute Gasteiger partial charge is 0.370 e. The Hall–Kier alpha value is -2.14. The fourth-order valence-corrected chi connectivity index (χ4v) is 2.23. The number of primary amides is 1. The maximum absolute atomic E-state index is 12.0. The van der Waals surface area contributed by atoms with E-state index in [2.05, 4.69) is 10.3 Å². The smallest absolute Gasteiger partial charge is 0.269 e. The van der Waals surface area contributed by atoms with E-state index >= 15 is 0 Å². The number of pyridine rings is 1. The average molecular weight is 306 g/mol. The molecule has 0 atom stereocenters. The van der Waals surface area contributed by atoms with Crippen LogP contribution in [0.4, 0.5) is 0 Å². The van der Waals surface area contributed by atoms with E-state index in [1.165, 1.54) is 0 Å². The number of nitrogens with one attached hydrogen (secondary N) is 1. The average Bonchev–Trinajstić information content (AvgIpc) is 2.46. The molecule has 0 aliphatic carbocycles. The van der Waals surface area contributed by atoms with Crippen LogP contribution in [0.25, 0.3) is 10.9 Å². The fourth-order valence-electron chi connectivity index (χ4n) is 1.97. The van der Waals surface area contributed by atoms with Crippen LogP contribution >= 0.6 is 11.6 Å². The molecular formula is C15H16ClN3O2. The van der Waals surface area contributed by atoms with Crippen molar-refractivity contribution in [1.82, 2.24) is 10.3 Å². The summed E-state index contributed by atoms with van der Waals surface area (Å²) in [6, 6.07) is 8.94. The quantitative estimate of drug-likeness (QED) is 0.803. The summed E-state index contributed by atoms with van der Waals surface area (Å²) < 4.78 is 0. The minimum absolute atomic E-state index is 0.276. The molecule has 0 aliphatic heterocycles. The van der Waals surface area contributed by atoms with Gasteiger partial charge in [-0.2, -0.15) is 0 Å². The monoisotopic (exact) mass is 305 g/mol. The Bertz CT molecular complexity index is 673. The highest BCUT2D eigenvalue weighted by molar-refractivity contribution is 6.35. The van der Waals surface area contributed by atoms with E-state index in [1.807, 2.05) is 24.3 Å². The first-order valence-corrected chi connectivity index (χ1v) is 7.07. The first kappa shape index (κ1) is 15.3. The van der Waals surface area contributed by atoms with Crippen molar-refractivity contribution in [1.29, 1.82) is 0 Å². The molecule has 6 heteroatoms. The van der Waals surface area contributed by atoms with E-state index in [-0.39, 0.29) is 17.5 Å². The van der Waals surface area contributed by atoms with Crippen LogP contribution in [-0.4, -0.2) is 23.3 Å². The van der Waals surface area contributed by atoms with Crippen LogP contribution in [0.1, 0.15) is 29.8 Å². The van der Waals surface area contributed by atoms with Crippen LogP contribution in [0, 0.1) is 0 Å². The standard InChI is InChI=1S/C15H16ClN3O2/c16-11-9-13(19-12-6-2-1-5-10(11)12)15(21)18-8-4-3-7-14(17)20/h1-2,5-6,9H,3-4,7-8H2,(H2,17,20)(H,18,21). The van der Waals surface area contributed by atoms with Gasteiger partial charge in [-0.15, -0.1) is 0 Å². The molecule has 3 N–H and O–H groups in total. The first-order chi connectivity index (χ1) is 10.1. The highest BCUT2D eigenvalue weighted by Gasteiger charge is 2.10. The number of amides is 2. The summed E-state index contributed by atoms with van der Waals surface area (Å²) in [6.07, 6.45) is 1.67. The maximum atomic E-state index is 12.0. The van der Waals surface area contributed by atoms with Crippen LogP contribution in [0.2, 0.25) is 5.02 Å². The molecule has 1 heterocycles. The molecule has 110 valence electrons. The highest BCUT2D eigenvalue weighted by Crippen LogP contribution is 2.22. The van der Waals surface area contributed by atoms with Gasteiger partial charge in [-0.1, -0.05) is 29.8 Å². The van der Waals surface area contributed by atoms with Gasteiger partial charge in [0.15, 0.2) is 0 Å². The second kappa shape index (κ2) is 7.04. The molecule has 0 fully saturated rings. The molecule has 0 spiro atoms. The lowest BCUT2D eigenvalue weighted by molar-refractivity contribution is -0.118. The van der Waals surface area contributed by atoms with Gasteiger partial charge in [0.25, 0.3) is 5.91 Å². The Kier molecular flexibility index (Phi) is 5.11. The molecule has 0 unspecified atom stereocenters. The van der Waals surface area contributed by atoms with E-state index < -0.39 is 0 Å². The molecule has 2 amide bonds. The Balaban J connectivity index is 1.98. The lowest BCUT2D eigenvalue weighted by Gasteiger charge is -2.06. The van der Waals surface area contributed by atoms with E-state index in [0.29, 0.717) is 36.3 Å². The van der Waals surface area contributed by atoms with E-state index in [0.717, 1.165) is 5.39 Å². The fraction of sp³-hybridized carbons (Fsp3) is 0.267. The van der Waals surface area contributed by atoms with Crippen molar-refractivity contribution in [2.45, 2.75) is 19.3 Å². The van der Waals surface area contributed by atoms with Gasteiger partial charge in [0.05, 0.1) is 10.5 Å². The number of nitrogens with two attached hydrogens (primary N) is 1. The van der Waals surface area contributed by atoms with Crippen LogP contribution in [-0.2, 0) is 4.79 Å². The zero-order chi connectivity index (χ0) is 15.2. The topological polar surface area (TPSA) is 85.1 Å². The third kappa shape index (κ3) is 4.16. The molecule has 0 aliphatic rings. The van der Waals surface area contributed by atoms with E-state index in [1.54, 1.807) is 6.07 Å². The molecule has 1 aromatic heterocycles. The summed E-state index contributed by atoms with van der Waals surface area (Å²) >= 11 is 6.15. The van der Waals surface area contributed by atoms with Gasteiger partial charge >= 0.3 is 0 Å². The van der Waals surface area contributed by atoms with E-state index in [4.69, 9.17) is 17.3 Å². The van der Waals surface area contributed by atoms with Gasteiger partial charge in [0, 0.05) is 18.4 Å². The molecule has 1 aromatic carbocycles. The zero-order valence-electron chi connectivity index (χ0n) is 11.4. The SMILES string of the molecule is NC(=O)CCCCNC(=O)c1cc(Cl)c2ccccc2n1. The third-order valence-corrected chi connectivity index (χ3v) is 3.35. The normalized spacial score (nSPS) is 10.5. The summed E-state index contributed by atoms with van der Waals surface area (Å²) in [4.78, 5) is 26.9. The second-order valence-corrected chi connectivity index (χ2v) is 5.09. The van der Waals surface area contributed by atoms with Crippen molar-refractivity contribution in [3.63, 3.8) is 0 Å². The molecule has 21 heavy (non-hydrogen) atoms. The van der Waals surface area contributed by atoms with Gasteiger partial charge in [-0.05, 0) is 25.0 Å². The lowest BCUT2D eigenvalue weighted by atomic mass is 10.2. The minimum atomic E-state index is -0.329. The predicted octanol–water partition coefficient (Wildman–Crippen LogP) is 2.27. The van der Waals surface area contributed by atoms with Crippen molar-refractivity contribution in [2.75, 3.05) is 6.54 Å². The predicted molar refractivity (Wildman–Crippen MR) is 82.1 cm³/mol. The minimum Gasteiger partial charge on any atom is -0.370 e. The van der Waals surface area contributed by atoms with Crippen molar-refractivity contribution in [3.05, 3.63) is 41.0 Å². The molecule has 5 nitrogen and oxygen atoms in total. The van der Waals surface area contributed by atoms with Crippen LogP contribution < -0.4 is 11.1 Å². The molecule has 0 saturated heterocycles. The Morgan fingerprint density at radius 3 is 2.76 bits per heavy atom. The number of halogens is 1. The lowest BCUT2D eigenvalue weighted by Crippen LogP contribution is -2.25. The van der Waals surface area contributed by atoms with Crippen molar-refractivity contribution >= 4 is 34.3 Å². The summed E-state index contributed by atoms with van der Waals surface area (Å²) in [5.74, 6) is -0.606. The summed E-state index contributed by atoms with van der Waals surface area (Å²) in [7, 11) is 0. The molecule has 2 aromatic rings.